The number of carbonyl (C=O) groups is 1. The number of benzene rings is 3. The van der Waals surface area contributed by atoms with Gasteiger partial charge in [-0.15, -0.1) is 0 Å². The molecule has 1 atom stereocenters. The zero-order valence-electron chi connectivity index (χ0n) is 18.1. The van der Waals surface area contributed by atoms with E-state index < -0.39 is 43.8 Å². The quantitative estimate of drug-likeness (QED) is 0.340. The number of rotatable bonds is 6. The third-order valence-electron chi connectivity index (χ3n) is 5.48. The van der Waals surface area contributed by atoms with Crippen LogP contribution in [0.5, 0.6) is 0 Å². The Balaban J connectivity index is 1.93. The van der Waals surface area contributed by atoms with E-state index >= 15 is 0 Å². The summed E-state index contributed by atoms with van der Waals surface area (Å²) in [4.78, 5) is 15.4. The SMILES string of the molecule is CO[C@@](C(=O)Nc1[nH]c2ccc(Cl)cc2c1S(=O)(=O)c1ccccc1)(c1ccccc1)C(F)(F)F. The molecule has 0 bridgehead atoms. The average molecular weight is 523 g/mol. The summed E-state index contributed by atoms with van der Waals surface area (Å²) in [6.07, 6.45) is -5.18. The van der Waals surface area contributed by atoms with Crippen LogP contribution >= 0.6 is 11.6 Å². The van der Waals surface area contributed by atoms with E-state index in [-0.39, 0.29) is 20.8 Å². The Kier molecular flexibility index (Phi) is 6.39. The number of halogens is 4. The Morgan fingerprint density at radius 2 is 1.57 bits per heavy atom. The lowest BCUT2D eigenvalue weighted by Gasteiger charge is -2.33. The van der Waals surface area contributed by atoms with Crippen molar-refractivity contribution in [2.75, 3.05) is 12.4 Å². The fourth-order valence-corrected chi connectivity index (χ4v) is 5.60. The van der Waals surface area contributed by atoms with Gasteiger partial charge >= 0.3 is 6.18 Å². The van der Waals surface area contributed by atoms with Crippen LogP contribution in [0.3, 0.4) is 0 Å². The molecule has 0 aliphatic rings. The molecular weight excluding hydrogens is 505 g/mol. The summed E-state index contributed by atoms with van der Waals surface area (Å²) >= 11 is 6.07. The van der Waals surface area contributed by atoms with Crippen LogP contribution in [-0.4, -0.2) is 32.6 Å². The molecule has 1 heterocycles. The molecule has 0 aliphatic carbocycles. The van der Waals surface area contributed by atoms with Gasteiger partial charge in [-0.2, -0.15) is 13.2 Å². The second-order valence-corrected chi connectivity index (χ2v) is 9.86. The van der Waals surface area contributed by atoms with Crippen LogP contribution in [0.15, 0.2) is 88.7 Å². The van der Waals surface area contributed by atoms with Gasteiger partial charge in [0.1, 0.15) is 10.7 Å². The number of alkyl halides is 3. The summed E-state index contributed by atoms with van der Waals surface area (Å²) in [5.41, 5.74) is -3.63. The number of hydrogen-bond acceptors (Lipinski definition) is 4. The fourth-order valence-electron chi connectivity index (χ4n) is 3.85. The first-order valence-corrected chi connectivity index (χ1v) is 12.0. The van der Waals surface area contributed by atoms with E-state index in [0.29, 0.717) is 0 Å². The van der Waals surface area contributed by atoms with Crippen LogP contribution in [0, 0.1) is 0 Å². The Bertz CT molecular complexity index is 1490. The maximum Gasteiger partial charge on any atom is 0.430 e. The Morgan fingerprint density at radius 1 is 0.971 bits per heavy atom. The number of hydrogen-bond donors (Lipinski definition) is 2. The maximum atomic E-state index is 14.3. The number of amides is 1. The second-order valence-electron chi connectivity index (χ2n) is 7.54. The highest BCUT2D eigenvalue weighted by Gasteiger charge is 2.62. The molecule has 6 nitrogen and oxygen atoms in total. The largest absolute Gasteiger partial charge is 0.430 e. The van der Waals surface area contributed by atoms with Crippen molar-refractivity contribution in [1.82, 2.24) is 4.98 Å². The number of fused-ring (bicyclic) bond motifs is 1. The lowest BCUT2D eigenvalue weighted by molar-refractivity contribution is -0.263. The molecule has 182 valence electrons. The van der Waals surface area contributed by atoms with Crippen molar-refractivity contribution >= 4 is 44.1 Å². The summed E-state index contributed by atoms with van der Waals surface area (Å²) in [5.74, 6) is -2.07. The van der Waals surface area contributed by atoms with E-state index in [9.17, 15) is 26.4 Å². The molecule has 0 spiro atoms. The Morgan fingerprint density at radius 3 is 2.14 bits per heavy atom. The Labute approximate surface area is 203 Å². The lowest BCUT2D eigenvalue weighted by atomic mass is 9.91. The highest BCUT2D eigenvalue weighted by Crippen LogP contribution is 2.44. The van der Waals surface area contributed by atoms with Gasteiger partial charge in [0.05, 0.1) is 4.90 Å². The third-order valence-corrected chi connectivity index (χ3v) is 7.57. The molecule has 35 heavy (non-hydrogen) atoms. The van der Waals surface area contributed by atoms with E-state index in [1.807, 2.05) is 0 Å². The first kappa shape index (κ1) is 24.8. The van der Waals surface area contributed by atoms with E-state index in [0.717, 1.165) is 19.2 Å². The number of carbonyl (C=O) groups excluding carboxylic acids is 1. The van der Waals surface area contributed by atoms with Crippen LogP contribution < -0.4 is 5.32 Å². The molecule has 4 aromatic rings. The average Bonchev–Trinajstić information content (AvgIpc) is 3.17. The predicted octanol–water partition coefficient (Wildman–Crippen LogP) is 5.70. The van der Waals surface area contributed by atoms with Gasteiger partial charge in [0.2, 0.25) is 9.84 Å². The summed E-state index contributed by atoms with van der Waals surface area (Å²) in [7, 11) is -3.54. The number of methoxy groups -OCH3 is 1. The summed E-state index contributed by atoms with van der Waals surface area (Å²) in [6.45, 7) is 0. The van der Waals surface area contributed by atoms with Crippen LogP contribution in [-0.2, 0) is 25.0 Å². The molecule has 0 fully saturated rings. The lowest BCUT2D eigenvalue weighted by Crippen LogP contribution is -2.53. The van der Waals surface area contributed by atoms with Crippen LogP contribution in [0.1, 0.15) is 5.56 Å². The Hall–Kier alpha value is -3.34. The second kappa shape index (κ2) is 9.03. The fraction of sp³-hybridized carbons (Fsp3) is 0.125. The van der Waals surface area contributed by atoms with Gasteiger partial charge in [-0.3, -0.25) is 4.79 Å². The molecule has 0 unspecified atom stereocenters. The van der Waals surface area contributed by atoms with Crippen LogP contribution in [0.4, 0.5) is 19.0 Å². The van der Waals surface area contributed by atoms with Crippen molar-refractivity contribution in [2.24, 2.45) is 0 Å². The predicted molar refractivity (Wildman–Crippen MR) is 125 cm³/mol. The van der Waals surface area contributed by atoms with Crippen molar-refractivity contribution < 1.29 is 31.1 Å². The number of ether oxygens (including phenoxy) is 1. The number of sulfone groups is 1. The zero-order chi connectivity index (χ0) is 25.4. The number of aromatic amines is 1. The molecule has 0 aliphatic heterocycles. The minimum absolute atomic E-state index is 0.103. The third kappa shape index (κ3) is 4.18. The summed E-state index contributed by atoms with van der Waals surface area (Å²) in [5, 5.41) is 2.43. The molecule has 11 heteroatoms. The van der Waals surface area contributed by atoms with Gasteiger partial charge < -0.3 is 15.0 Å². The van der Waals surface area contributed by atoms with Crippen molar-refractivity contribution in [3.63, 3.8) is 0 Å². The normalized spacial score (nSPS) is 14.0. The van der Waals surface area contributed by atoms with Gasteiger partial charge in [0.15, 0.2) is 0 Å². The van der Waals surface area contributed by atoms with Crippen molar-refractivity contribution in [3.05, 3.63) is 89.4 Å². The van der Waals surface area contributed by atoms with Crippen LogP contribution in [0.25, 0.3) is 10.9 Å². The molecule has 1 amide bonds. The monoisotopic (exact) mass is 522 g/mol. The van der Waals surface area contributed by atoms with Crippen molar-refractivity contribution in [2.45, 2.75) is 21.6 Å². The highest BCUT2D eigenvalue weighted by atomic mass is 35.5. The number of nitrogens with one attached hydrogen (secondary N) is 2. The van der Waals surface area contributed by atoms with Crippen molar-refractivity contribution in [1.29, 1.82) is 0 Å². The van der Waals surface area contributed by atoms with E-state index in [1.54, 1.807) is 6.07 Å². The zero-order valence-corrected chi connectivity index (χ0v) is 19.6. The summed E-state index contributed by atoms with van der Waals surface area (Å²) in [6, 6.07) is 17.9. The van der Waals surface area contributed by atoms with Crippen LogP contribution in [0.2, 0.25) is 5.02 Å². The van der Waals surface area contributed by atoms with E-state index in [4.69, 9.17) is 16.3 Å². The van der Waals surface area contributed by atoms with E-state index in [2.05, 4.69) is 10.3 Å². The standard InChI is InChI=1S/C24H18ClF3N2O4S/c1-34-23(24(26,27)28,15-8-4-2-5-9-15)22(31)30-21-20(18-14-16(25)12-13-19(18)29-21)35(32,33)17-10-6-3-7-11-17/h2-14,29H,1H3,(H,30,31)/t23-/m1/s1. The first-order valence-electron chi connectivity index (χ1n) is 10.1. The van der Waals surface area contributed by atoms with E-state index in [1.165, 1.54) is 60.7 Å². The molecule has 1 aromatic heterocycles. The molecule has 0 radical (unpaired) electrons. The van der Waals surface area contributed by atoms with Gasteiger partial charge in [-0.1, -0.05) is 60.1 Å². The highest BCUT2D eigenvalue weighted by molar-refractivity contribution is 7.92. The topological polar surface area (TPSA) is 88.3 Å². The molecular formula is C24H18ClF3N2O4S. The van der Waals surface area contributed by atoms with Crippen molar-refractivity contribution in [3.8, 4) is 0 Å². The number of H-pyrrole nitrogens is 1. The first-order chi connectivity index (χ1) is 16.5. The van der Waals surface area contributed by atoms with Gasteiger partial charge in [0, 0.05) is 28.6 Å². The molecule has 0 saturated heterocycles. The molecule has 2 N–H and O–H groups in total. The van der Waals surface area contributed by atoms with Gasteiger partial charge in [-0.25, -0.2) is 8.42 Å². The smallest absolute Gasteiger partial charge is 0.356 e. The molecule has 3 aromatic carbocycles. The maximum absolute atomic E-state index is 14.3. The van der Waals surface area contributed by atoms with Gasteiger partial charge in [0.25, 0.3) is 11.5 Å². The van der Waals surface area contributed by atoms with Gasteiger partial charge in [-0.05, 0) is 30.3 Å². The minimum atomic E-state index is -5.18. The number of aromatic nitrogens is 1. The summed E-state index contributed by atoms with van der Waals surface area (Å²) < 4.78 is 74.9. The molecule has 0 saturated carbocycles. The number of anilines is 1. The molecule has 4 rings (SSSR count). The minimum Gasteiger partial charge on any atom is -0.356 e.